The summed E-state index contributed by atoms with van der Waals surface area (Å²) in [4.78, 5) is 0. The van der Waals surface area contributed by atoms with Crippen LogP contribution in [-0.2, 0) is 0 Å². The maximum absolute atomic E-state index is 6.02. The zero-order chi connectivity index (χ0) is 14.7. The number of rotatable bonds is 5. The van der Waals surface area contributed by atoms with Crippen molar-refractivity contribution in [1.29, 1.82) is 0 Å². The van der Waals surface area contributed by atoms with E-state index in [1.165, 1.54) is 0 Å². The van der Waals surface area contributed by atoms with Crippen molar-refractivity contribution < 1.29 is 9.47 Å². The summed E-state index contributed by atoms with van der Waals surface area (Å²) in [5.74, 6) is 2.12. The maximum atomic E-state index is 6.02. The number of aromatic nitrogens is 2. The Balaban J connectivity index is 2.32. The van der Waals surface area contributed by atoms with Gasteiger partial charge in [-0.3, -0.25) is 4.68 Å². The quantitative estimate of drug-likeness (QED) is 0.909. The Bertz CT molecular complexity index is 576. The molecule has 1 aromatic heterocycles. The number of ether oxygens (including phenoxy) is 2. The summed E-state index contributed by atoms with van der Waals surface area (Å²) >= 11 is 0. The smallest absolute Gasteiger partial charge is 0.165 e. The van der Waals surface area contributed by atoms with Crippen LogP contribution >= 0.6 is 0 Å². The predicted molar refractivity (Wildman–Crippen MR) is 78.3 cm³/mol. The van der Waals surface area contributed by atoms with Gasteiger partial charge in [0.15, 0.2) is 5.75 Å². The molecule has 0 radical (unpaired) electrons. The van der Waals surface area contributed by atoms with E-state index in [0.29, 0.717) is 17.5 Å². The van der Waals surface area contributed by atoms with Crippen LogP contribution in [0.3, 0.4) is 0 Å². The molecule has 0 bridgehead atoms. The van der Waals surface area contributed by atoms with Gasteiger partial charge in [0.1, 0.15) is 11.5 Å². The van der Waals surface area contributed by atoms with Crippen LogP contribution in [0.1, 0.15) is 38.4 Å². The molecule has 0 spiro atoms. The Morgan fingerprint density at radius 3 is 2.45 bits per heavy atom. The second kappa shape index (κ2) is 5.96. The lowest BCUT2D eigenvalue weighted by molar-refractivity contribution is 0.397. The van der Waals surface area contributed by atoms with E-state index < -0.39 is 0 Å². The van der Waals surface area contributed by atoms with Crippen LogP contribution < -0.4 is 15.2 Å². The van der Waals surface area contributed by atoms with Crippen LogP contribution in [0.15, 0.2) is 30.6 Å². The highest BCUT2D eigenvalue weighted by Crippen LogP contribution is 2.35. The molecule has 2 rings (SSSR count). The molecule has 1 aromatic carbocycles. The van der Waals surface area contributed by atoms with Gasteiger partial charge in [0, 0.05) is 12.1 Å². The normalized spacial score (nSPS) is 12.5. The Kier molecular flexibility index (Phi) is 4.29. The van der Waals surface area contributed by atoms with Gasteiger partial charge in [-0.15, -0.1) is 0 Å². The zero-order valence-electron chi connectivity index (χ0n) is 12.3. The minimum atomic E-state index is -0.179. The van der Waals surface area contributed by atoms with Crippen LogP contribution in [0.4, 0.5) is 0 Å². The highest BCUT2D eigenvalue weighted by molar-refractivity contribution is 5.48. The summed E-state index contributed by atoms with van der Waals surface area (Å²) < 4.78 is 13.1. The van der Waals surface area contributed by atoms with Crippen molar-refractivity contribution in [2.75, 3.05) is 7.11 Å². The van der Waals surface area contributed by atoms with E-state index in [0.717, 1.165) is 11.3 Å². The van der Waals surface area contributed by atoms with Gasteiger partial charge in [-0.25, -0.2) is 0 Å². The van der Waals surface area contributed by atoms with E-state index in [4.69, 9.17) is 15.2 Å². The van der Waals surface area contributed by atoms with Crippen molar-refractivity contribution in [1.82, 2.24) is 9.78 Å². The number of hydrogen-bond donors (Lipinski definition) is 1. The van der Waals surface area contributed by atoms with E-state index in [2.05, 4.69) is 18.9 Å². The molecule has 2 aromatic rings. The average molecular weight is 275 g/mol. The van der Waals surface area contributed by atoms with Crippen molar-refractivity contribution in [3.05, 3.63) is 36.2 Å². The third-order valence-corrected chi connectivity index (χ3v) is 3.04. The minimum Gasteiger partial charge on any atom is -0.496 e. The van der Waals surface area contributed by atoms with Crippen molar-refractivity contribution in [3.8, 4) is 17.2 Å². The van der Waals surface area contributed by atoms with Crippen molar-refractivity contribution >= 4 is 0 Å². The number of nitrogens with two attached hydrogens (primary N) is 1. The first kappa shape index (κ1) is 14.4. The highest BCUT2D eigenvalue weighted by atomic mass is 16.5. The minimum absolute atomic E-state index is 0.179. The highest BCUT2D eigenvalue weighted by Gasteiger charge is 2.15. The van der Waals surface area contributed by atoms with Gasteiger partial charge in [0.2, 0.25) is 0 Å². The molecule has 5 nitrogen and oxygen atoms in total. The number of methoxy groups -OCH3 is 1. The van der Waals surface area contributed by atoms with E-state index in [9.17, 15) is 0 Å². The SMILES string of the molecule is COc1cccc(Oc2cnn(C(C)C)c2)c1[C@H](C)N. The lowest BCUT2D eigenvalue weighted by Crippen LogP contribution is -2.08. The molecule has 108 valence electrons. The molecule has 0 saturated carbocycles. The van der Waals surface area contributed by atoms with Crippen LogP contribution in [0, 0.1) is 0 Å². The van der Waals surface area contributed by atoms with Crippen LogP contribution in [0.2, 0.25) is 0 Å². The van der Waals surface area contributed by atoms with Crippen molar-refractivity contribution in [2.24, 2.45) is 5.73 Å². The van der Waals surface area contributed by atoms with Crippen LogP contribution in [0.5, 0.6) is 17.2 Å². The van der Waals surface area contributed by atoms with Crippen molar-refractivity contribution in [2.45, 2.75) is 32.9 Å². The summed E-state index contributed by atoms with van der Waals surface area (Å²) in [5.41, 5.74) is 6.87. The number of hydrogen-bond acceptors (Lipinski definition) is 4. The Morgan fingerprint density at radius 2 is 1.90 bits per heavy atom. The number of benzene rings is 1. The third kappa shape index (κ3) is 2.93. The van der Waals surface area contributed by atoms with E-state index in [-0.39, 0.29) is 6.04 Å². The largest absolute Gasteiger partial charge is 0.496 e. The summed E-state index contributed by atoms with van der Waals surface area (Å²) in [6.07, 6.45) is 3.57. The molecule has 0 aliphatic rings. The molecule has 0 amide bonds. The van der Waals surface area contributed by atoms with E-state index in [1.807, 2.05) is 36.0 Å². The van der Waals surface area contributed by atoms with Gasteiger partial charge in [0.25, 0.3) is 0 Å². The molecule has 0 saturated heterocycles. The first-order valence-corrected chi connectivity index (χ1v) is 6.67. The second-order valence-corrected chi connectivity index (χ2v) is 5.01. The van der Waals surface area contributed by atoms with Crippen molar-refractivity contribution in [3.63, 3.8) is 0 Å². The fourth-order valence-electron chi connectivity index (χ4n) is 2.02. The molecular formula is C15H21N3O2. The van der Waals surface area contributed by atoms with E-state index in [1.54, 1.807) is 13.3 Å². The van der Waals surface area contributed by atoms with Gasteiger partial charge >= 0.3 is 0 Å². The zero-order valence-corrected chi connectivity index (χ0v) is 12.3. The molecular weight excluding hydrogens is 254 g/mol. The van der Waals surface area contributed by atoms with Gasteiger partial charge in [0.05, 0.1) is 25.1 Å². The first-order chi connectivity index (χ1) is 9.52. The molecule has 0 unspecified atom stereocenters. The molecule has 1 heterocycles. The van der Waals surface area contributed by atoms with Gasteiger partial charge in [-0.2, -0.15) is 5.10 Å². The van der Waals surface area contributed by atoms with Crippen LogP contribution in [0.25, 0.3) is 0 Å². The first-order valence-electron chi connectivity index (χ1n) is 6.67. The van der Waals surface area contributed by atoms with Gasteiger partial charge in [-0.1, -0.05) is 6.07 Å². The molecule has 1 atom stereocenters. The summed E-state index contributed by atoms with van der Waals surface area (Å²) in [6, 6.07) is 5.76. The van der Waals surface area contributed by atoms with Gasteiger partial charge in [-0.05, 0) is 32.9 Å². The Morgan fingerprint density at radius 1 is 1.20 bits per heavy atom. The van der Waals surface area contributed by atoms with E-state index >= 15 is 0 Å². The third-order valence-electron chi connectivity index (χ3n) is 3.04. The maximum Gasteiger partial charge on any atom is 0.165 e. The molecule has 0 fully saturated rings. The standard InChI is InChI=1S/C15H21N3O2/c1-10(2)18-9-12(8-17-18)20-14-7-5-6-13(19-4)15(14)11(3)16/h5-11H,16H2,1-4H3/t11-/m0/s1. The monoisotopic (exact) mass is 275 g/mol. The second-order valence-electron chi connectivity index (χ2n) is 5.01. The van der Waals surface area contributed by atoms with Gasteiger partial charge < -0.3 is 15.2 Å². The fraction of sp³-hybridized carbons (Fsp3) is 0.400. The molecule has 20 heavy (non-hydrogen) atoms. The molecule has 5 heteroatoms. The summed E-state index contributed by atoms with van der Waals surface area (Å²) in [7, 11) is 1.63. The number of nitrogens with zero attached hydrogens (tertiary/aromatic N) is 2. The average Bonchev–Trinajstić information content (AvgIpc) is 2.86. The fourth-order valence-corrected chi connectivity index (χ4v) is 2.02. The Labute approximate surface area is 119 Å². The lowest BCUT2D eigenvalue weighted by Gasteiger charge is -2.16. The predicted octanol–water partition coefficient (Wildman–Crippen LogP) is 3.28. The molecule has 0 aliphatic heterocycles. The van der Waals surface area contributed by atoms with Crippen LogP contribution in [-0.4, -0.2) is 16.9 Å². The molecule has 2 N–H and O–H groups in total. The Hall–Kier alpha value is -2.01. The summed E-state index contributed by atoms with van der Waals surface area (Å²) in [6.45, 7) is 6.04. The summed E-state index contributed by atoms with van der Waals surface area (Å²) in [5, 5.41) is 4.26. The topological polar surface area (TPSA) is 62.3 Å². The molecule has 0 aliphatic carbocycles. The lowest BCUT2D eigenvalue weighted by atomic mass is 10.1.